The van der Waals surface area contributed by atoms with E-state index in [2.05, 4.69) is 22.6 Å². The second-order valence-corrected chi connectivity index (χ2v) is 12.3. The van der Waals surface area contributed by atoms with Gasteiger partial charge in [-0.15, -0.1) is 6.42 Å². The van der Waals surface area contributed by atoms with E-state index in [1.54, 1.807) is 24.5 Å². The van der Waals surface area contributed by atoms with Crippen molar-refractivity contribution in [2.75, 3.05) is 64.1 Å². The first-order valence-electron chi connectivity index (χ1n) is 15.3. The van der Waals surface area contributed by atoms with Gasteiger partial charge in [-0.05, 0) is 55.3 Å². The van der Waals surface area contributed by atoms with Crippen molar-refractivity contribution in [1.82, 2.24) is 24.4 Å². The second-order valence-electron chi connectivity index (χ2n) is 12.3. The van der Waals surface area contributed by atoms with Gasteiger partial charge < -0.3 is 28.8 Å². The van der Waals surface area contributed by atoms with E-state index >= 15 is 0 Å². The molecule has 0 radical (unpaired) electrons. The number of halogens is 1. The van der Waals surface area contributed by atoms with E-state index in [1.165, 1.54) is 6.07 Å². The second kappa shape index (κ2) is 11.8. The number of hydrogen-bond donors (Lipinski definition) is 1. The lowest BCUT2D eigenvalue weighted by atomic mass is 9.98. The number of rotatable bonds is 8. The maximum Gasteiger partial charge on any atom is 0.247 e. The van der Waals surface area contributed by atoms with Crippen molar-refractivity contribution in [3.05, 3.63) is 47.5 Å². The van der Waals surface area contributed by atoms with Crippen molar-refractivity contribution in [2.24, 2.45) is 5.41 Å². The molecule has 10 nitrogen and oxygen atoms in total. The summed E-state index contributed by atoms with van der Waals surface area (Å²) >= 11 is 0. The van der Waals surface area contributed by atoms with Crippen LogP contribution in [-0.4, -0.2) is 94.8 Å². The van der Waals surface area contributed by atoms with Gasteiger partial charge in [0.05, 0.1) is 44.9 Å². The summed E-state index contributed by atoms with van der Waals surface area (Å²) < 4.78 is 34.5. The van der Waals surface area contributed by atoms with Crippen LogP contribution in [0.1, 0.15) is 37.3 Å². The van der Waals surface area contributed by atoms with Crippen molar-refractivity contribution >= 4 is 27.9 Å². The molecule has 0 bridgehead atoms. The Morgan fingerprint density at radius 1 is 1.14 bits per heavy atom. The number of imidazole rings is 1. The molecule has 2 aromatic heterocycles. The van der Waals surface area contributed by atoms with Gasteiger partial charge in [0.15, 0.2) is 11.2 Å². The van der Waals surface area contributed by atoms with Crippen LogP contribution in [0.4, 0.5) is 10.3 Å². The van der Waals surface area contributed by atoms with Crippen LogP contribution in [0.5, 0.6) is 11.6 Å². The number of benzene rings is 2. The van der Waals surface area contributed by atoms with Gasteiger partial charge in [0.25, 0.3) is 0 Å². The summed E-state index contributed by atoms with van der Waals surface area (Å²) in [7, 11) is 0. The summed E-state index contributed by atoms with van der Waals surface area (Å²) in [6.07, 6.45) is 10.5. The minimum atomic E-state index is -0.480. The van der Waals surface area contributed by atoms with Crippen LogP contribution >= 0.6 is 0 Å². The number of anilines is 1. The molecular formula is C33H37FN6O4. The highest BCUT2D eigenvalue weighted by molar-refractivity contribution is 5.92. The molecule has 1 N–H and O–H groups in total. The number of fused-ring (bicyclic) bond motifs is 2. The zero-order chi connectivity index (χ0) is 30.3. The van der Waals surface area contributed by atoms with Gasteiger partial charge >= 0.3 is 0 Å². The Morgan fingerprint density at radius 2 is 2.00 bits per heavy atom. The van der Waals surface area contributed by atoms with Crippen LogP contribution in [0.25, 0.3) is 21.9 Å². The first-order chi connectivity index (χ1) is 21.4. The molecule has 4 aromatic rings. The smallest absolute Gasteiger partial charge is 0.247 e. The molecule has 7 rings (SSSR count). The molecule has 0 unspecified atom stereocenters. The molecular weight excluding hydrogens is 563 g/mol. The lowest BCUT2D eigenvalue weighted by Gasteiger charge is -2.35. The third kappa shape index (κ3) is 5.65. The van der Waals surface area contributed by atoms with E-state index in [0.717, 1.165) is 52.1 Å². The molecule has 2 aromatic carbocycles. The topological polar surface area (TPSA) is 98.0 Å². The zero-order valence-electron chi connectivity index (χ0n) is 25.0. The van der Waals surface area contributed by atoms with Gasteiger partial charge in [0.1, 0.15) is 11.6 Å². The van der Waals surface area contributed by atoms with Crippen molar-refractivity contribution in [3.63, 3.8) is 0 Å². The minimum absolute atomic E-state index is 0.0692. The molecule has 0 amide bonds. The minimum Gasteiger partial charge on any atom is -0.508 e. The molecule has 1 saturated carbocycles. The summed E-state index contributed by atoms with van der Waals surface area (Å²) in [5.41, 5.74) is 2.06. The van der Waals surface area contributed by atoms with Gasteiger partial charge in [0.2, 0.25) is 11.8 Å². The van der Waals surface area contributed by atoms with E-state index < -0.39 is 5.82 Å². The van der Waals surface area contributed by atoms with Crippen molar-refractivity contribution < 1.29 is 23.7 Å². The number of nitrogens with zero attached hydrogens (tertiary/aromatic N) is 6. The van der Waals surface area contributed by atoms with Crippen LogP contribution in [0.15, 0.2) is 30.6 Å². The molecule has 2 aliphatic heterocycles. The average molecular weight is 601 g/mol. The normalized spacial score (nSPS) is 20.5. The third-order valence-electron chi connectivity index (χ3n) is 9.06. The number of terminal acetylenes is 1. The Kier molecular flexibility index (Phi) is 7.74. The maximum atomic E-state index is 14.7. The van der Waals surface area contributed by atoms with Crippen LogP contribution in [0.3, 0.4) is 0 Å². The third-order valence-corrected chi connectivity index (χ3v) is 9.06. The van der Waals surface area contributed by atoms with Gasteiger partial charge in [-0.1, -0.05) is 12.0 Å². The highest BCUT2D eigenvalue weighted by Gasteiger charge is 2.46. The van der Waals surface area contributed by atoms with Crippen LogP contribution in [0, 0.1) is 23.6 Å². The standard InChI is InChI=1S/C33H37FN6O4/c1-3-26-27(34)6-5-23-15-25(41)16-24(28(23)26)17-40-21-35-29-30(40)36-32(38-9-4-12-42-13-10-38)37-31(29)44-20-33(7-8-33)19-39-11-14-43-18-22(39)2/h1,5-6,15-16,21-22,41H,4,7-14,17-20H2,2H3/t22-/m0/s1. The Bertz CT molecular complexity index is 1720. The average Bonchev–Trinajstić information content (AvgIpc) is 3.75. The Balaban J connectivity index is 1.24. The molecule has 3 fully saturated rings. The number of morpholine rings is 1. The van der Waals surface area contributed by atoms with Gasteiger partial charge in [-0.3, -0.25) is 4.90 Å². The predicted molar refractivity (Wildman–Crippen MR) is 165 cm³/mol. The van der Waals surface area contributed by atoms with Crippen LogP contribution in [-0.2, 0) is 16.0 Å². The van der Waals surface area contributed by atoms with Gasteiger partial charge in [0, 0.05) is 49.6 Å². The molecule has 2 saturated heterocycles. The predicted octanol–water partition coefficient (Wildman–Crippen LogP) is 3.96. The fraction of sp³-hybridized carbons (Fsp3) is 0.485. The molecule has 1 aliphatic carbocycles. The van der Waals surface area contributed by atoms with Crippen LogP contribution in [0.2, 0.25) is 0 Å². The number of aromatic hydroxyl groups is 1. The summed E-state index contributed by atoms with van der Waals surface area (Å²) in [6, 6.07) is 6.54. The van der Waals surface area contributed by atoms with Crippen molar-refractivity contribution in [2.45, 2.75) is 38.8 Å². The fourth-order valence-electron chi connectivity index (χ4n) is 6.35. The zero-order valence-corrected chi connectivity index (χ0v) is 25.0. The van der Waals surface area contributed by atoms with Gasteiger partial charge in [-0.25, -0.2) is 9.37 Å². The number of phenols is 1. The number of hydrogen-bond acceptors (Lipinski definition) is 9. The molecule has 3 aliphatic rings. The molecule has 0 spiro atoms. The summed E-state index contributed by atoms with van der Waals surface area (Å²) in [5, 5.41) is 11.8. The monoisotopic (exact) mass is 600 g/mol. The van der Waals surface area contributed by atoms with Crippen molar-refractivity contribution in [1.29, 1.82) is 0 Å². The lowest BCUT2D eigenvalue weighted by Crippen LogP contribution is -2.47. The van der Waals surface area contributed by atoms with E-state index in [0.29, 0.717) is 71.7 Å². The maximum absolute atomic E-state index is 14.7. The number of phenolic OH excluding ortho intramolecular Hbond substituents is 1. The quantitative estimate of drug-likeness (QED) is 0.302. The first-order valence-corrected chi connectivity index (χ1v) is 15.3. The Labute approximate surface area is 255 Å². The molecule has 44 heavy (non-hydrogen) atoms. The molecule has 1 atom stereocenters. The highest BCUT2D eigenvalue weighted by atomic mass is 19.1. The van der Waals surface area contributed by atoms with E-state index in [9.17, 15) is 9.50 Å². The summed E-state index contributed by atoms with van der Waals surface area (Å²) in [4.78, 5) is 19.2. The van der Waals surface area contributed by atoms with Crippen LogP contribution < -0.4 is 9.64 Å². The molecule has 11 heteroatoms. The van der Waals surface area contributed by atoms with Gasteiger partial charge in [-0.2, -0.15) is 9.97 Å². The summed E-state index contributed by atoms with van der Waals surface area (Å²) in [5.74, 6) is 3.09. The fourth-order valence-corrected chi connectivity index (χ4v) is 6.35. The molecule has 230 valence electrons. The highest BCUT2D eigenvalue weighted by Crippen LogP contribution is 2.47. The van der Waals surface area contributed by atoms with E-state index in [-0.39, 0.29) is 23.3 Å². The SMILES string of the molecule is C#Cc1c(F)ccc2cc(O)cc(Cn3cnc4c(OCC5(CN6CCOC[C@@H]6C)CC5)nc(N5CCCOCC5)nc43)c12. The first kappa shape index (κ1) is 28.8. The Hall–Kier alpha value is -3.98. The lowest BCUT2D eigenvalue weighted by molar-refractivity contribution is -0.0132. The number of aromatic nitrogens is 4. The van der Waals surface area contributed by atoms with Crippen molar-refractivity contribution in [3.8, 4) is 24.0 Å². The molecule has 4 heterocycles. The number of ether oxygens (including phenoxy) is 3. The van der Waals surface area contributed by atoms with E-state index in [4.69, 9.17) is 35.6 Å². The Morgan fingerprint density at radius 3 is 2.82 bits per heavy atom. The summed E-state index contributed by atoms with van der Waals surface area (Å²) in [6.45, 7) is 9.15. The largest absolute Gasteiger partial charge is 0.508 e. The van der Waals surface area contributed by atoms with E-state index in [1.807, 2.05) is 4.57 Å².